The van der Waals surface area contributed by atoms with Gasteiger partial charge in [0.1, 0.15) is 43.7 Å². The average molecular weight is 985 g/mol. The van der Waals surface area contributed by atoms with Crippen LogP contribution in [0.4, 0.5) is 0 Å². The molecule has 3 aliphatic rings. The van der Waals surface area contributed by atoms with E-state index in [0.29, 0.717) is 4.90 Å². The van der Waals surface area contributed by atoms with Crippen LogP contribution in [0.3, 0.4) is 0 Å². The molecule has 2 aromatic rings. The van der Waals surface area contributed by atoms with Crippen molar-refractivity contribution in [1.29, 1.82) is 0 Å². The Kier molecular flexibility index (Phi) is 18.2. The Morgan fingerprint density at radius 2 is 1.01 bits per heavy atom. The second-order valence-electron chi connectivity index (χ2n) is 17.7. The fraction of sp³-hybridized carbons (Fsp3) is 0.562. The molecular weight excluding hydrogens is 927 g/mol. The summed E-state index contributed by atoms with van der Waals surface area (Å²) < 4.78 is 62.6. The predicted molar refractivity (Wildman–Crippen MR) is 233 cm³/mol. The number of nitrogens with zero attached hydrogens (tertiary/aromatic N) is 1. The molecule has 2 aromatic carbocycles. The van der Waals surface area contributed by atoms with Crippen molar-refractivity contribution >= 4 is 53.7 Å². The Hall–Kier alpha value is -6.49. The van der Waals surface area contributed by atoms with Crippen LogP contribution in [0.1, 0.15) is 86.3 Å². The zero-order valence-electron chi connectivity index (χ0n) is 40.4. The maximum absolute atomic E-state index is 14.5. The Labute approximate surface area is 403 Å². The van der Waals surface area contributed by atoms with Gasteiger partial charge in [-0.2, -0.15) is 0 Å². The monoisotopic (exact) mass is 984 g/mol. The number of ether oxygens (including phenoxy) is 11. The molecule has 2 saturated heterocycles. The molecule has 5 rings (SSSR count). The normalized spacial score (nSPS) is 25.4. The number of carbonyl (C=O) groups excluding carboxylic acids is 9. The quantitative estimate of drug-likeness (QED) is 0.123. The van der Waals surface area contributed by atoms with E-state index in [-0.39, 0.29) is 6.61 Å². The number of hydrogen-bond donors (Lipinski definition) is 0. The lowest BCUT2D eigenvalue weighted by Crippen LogP contribution is -2.76. The Balaban J connectivity index is 1.63. The summed E-state index contributed by atoms with van der Waals surface area (Å²) >= 11 is 0. The van der Waals surface area contributed by atoms with Gasteiger partial charge in [-0.25, -0.2) is 0 Å². The minimum Gasteiger partial charge on any atom is -0.829 e. The highest BCUT2D eigenvalue weighted by atomic mass is 16.7. The summed E-state index contributed by atoms with van der Waals surface area (Å²) in [6, 6.07) is 11.0. The maximum atomic E-state index is 14.5. The predicted octanol–water partition coefficient (Wildman–Crippen LogP) is 1.57. The molecule has 382 valence electrons. The van der Waals surface area contributed by atoms with Crippen molar-refractivity contribution in [3.63, 3.8) is 0 Å². The highest BCUT2D eigenvalue weighted by Crippen LogP contribution is 2.45. The van der Waals surface area contributed by atoms with Crippen molar-refractivity contribution in [2.75, 3.05) is 26.4 Å². The molecule has 11 atom stereocenters. The van der Waals surface area contributed by atoms with E-state index >= 15 is 0 Å². The Morgan fingerprint density at radius 3 is 1.46 bits per heavy atom. The van der Waals surface area contributed by atoms with Gasteiger partial charge in [-0.3, -0.25) is 43.2 Å². The van der Waals surface area contributed by atoms with Gasteiger partial charge in [0, 0.05) is 60.7 Å². The summed E-state index contributed by atoms with van der Waals surface area (Å²) in [7, 11) is 0. The van der Waals surface area contributed by atoms with Gasteiger partial charge in [0.2, 0.25) is 5.91 Å². The Bertz CT molecular complexity index is 2240. The van der Waals surface area contributed by atoms with Crippen LogP contribution in [-0.2, 0) is 95.3 Å². The third kappa shape index (κ3) is 13.6. The molecule has 0 saturated carbocycles. The lowest BCUT2D eigenvalue weighted by Gasteiger charge is -2.56. The van der Waals surface area contributed by atoms with E-state index in [1.54, 1.807) is 20.8 Å². The Morgan fingerprint density at radius 1 is 0.571 bits per heavy atom. The van der Waals surface area contributed by atoms with Crippen LogP contribution < -0.4 is 5.11 Å². The molecule has 1 unspecified atom stereocenters. The fourth-order valence-corrected chi connectivity index (χ4v) is 8.61. The summed E-state index contributed by atoms with van der Waals surface area (Å²) in [6.07, 6.45) is -15.1. The molecule has 1 aliphatic carbocycles. The standard InChI is InChI=1S/C48H58NO21/c1-23(50)49(38-42(66-28(6)55)40(64-26(4)53)36(68-46(38)59)21-60-24(2)51)39-43(67-29(7)56)41(65-27(5)54)37(22-61-25(3)52)69-47(39)63-20-35(45(58)70-48(8,9)10)44(57)62-19-34-32-17-13-11-15-30(32)31-16-12-14-18-33(31)34/h11-18,34-43,46-47H,19-22H2,1-10H3/q-1/t35?,36-,37-,38-,39+,40-,41-,42-,43-,46-,47+/m1/s1. The lowest BCUT2D eigenvalue weighted by atomic mass is 9.89. The van der Waals surface area contributed by atoms with Gasteiger partial charge >= 0.3 is 47.8 Å². The second-order valence-corrected chi connectivity index (χ2v) is 17.7. The van der Waals surface area contributed by atoms with Crippen LogP contribution in [0, 0.1) is 5.92 Å². The zero-order chi connectivity index (χ0) is 51.8. The summed E-state index contributed by atoms with van der Waals surface area (Å²) in [6.45, 7) is 8.98. The summed E-state index contributed by atoms with van der Waals surface area (Å²) in [4.78, 5) is 119. The topological polar surface area (TPSA) is 281 Å². The van der Waals surface area contributed by atoms with Gasteiger partial charge in [-0.1, -0.05) is 48.5 Å². The van der Waals surface area contributed by atoms with E-state index in [2.05, 4.69) is 0 Å². The number of hydrogen-bond acceptors (Lipinski definition) is 21. The van der Waals surface area contributed by atoms with Crippen molar-refractivity contribution in [3.05, 3.63) is 59.7 Å². The largest absolute Gasteiger partial charge is 0.829 e. The molecule has 70 heavy (non-hydrogen) atoms. The molecule has 0 radical (unpaired) electrons. The summed E-state index contributed by atoms with van der Waals surface area (Å²) in [5.74, 6) is -11.4. The van der Waals surface area contributed by atoms with Gasteiger partial charge in [-0.05, 0) is 43.0 Å². The first-order valence-corrected chi connectivity index (χ1v) is 22.3. The second kappa shape index (κ2) is 23.4. The molecule has 0 spiro atoms. The van der Waals surface area contributed by atoms with Gasteiger partial charge in [0.15, 0.2) is 36.6 Å². The zero-order valence-corrected chi connectivity index (χ0v) is 40.4. The fourth-order valence-electron chi connectivity index (χ4n) is 8.61. The van der Waals surface area contributed by atoms with Crippen LogP contribution in [0.15, 0.2) is 48.5 Å². The van der Waals surface area contributed by atoms with E-state index in [9.17, 15) is 48.3 Å². The van der Waals surface area contributed by atoms with Crippen LogP contribution in [0.2, 0.25) is 0 Å². The third-order valence-electron chi connectivity index (χ3n) is 11.1. The maximum Gasteiger partial charge on any atom is 0.323 e. The molecule has 0 aromatic heterocycles. The van der Waals surface area contributed by atoms with Gasteiger partial charge in [0.25, 0.3) is 0 Å². The SMILES string of the molecule is CC(=O)OC[C@H]1O[C@H](OCC(C(=O)OCC2c3ccccc3-c3ccccc32)C(=O)OC(C)(C)C)[C@@H](N(C(C)=O)[C@@H]2[C@@H](OC(C)=O)[C@H](OC(C)=O)[C@@H](COC(C)=O)O[C@H]2[O-])[C@@H](OC(C)=O)[C@@H]1OC(C)=O. The van der Waals surface area contributed by atoms with E-state index in [1.807, 2.05) is 48.5 Å². The first-order valence-electron chi connectivity index (χ1n) is 22.3. The first kappa shape index (κ1) is 54.5. The molecule has 22 nitrogen and oxygen atoms in total. The van der Waals surface area contributed by atoms with Crippen LogP contribution in [-0.4, -0.2) is 152 Å². The van der Waals surface area contributed by atoms with E-state index in [0.717, 1.165) is 70.7 Å². The number of rotatable bonds is 17. The van der Waals surface area contributed by atoms with Gasteiger partial charge in [0.05, 0.1) is 12.6 Å². The van der Waals surface area contributed by atoms with Crippen molar-refractivity contribution in [1.82, 2.24) is 4.90 Å². The molecule has 0 N–H and O–H groups in total. The first-order chi connectivity index (χ1) is 32.9. The lowest BCUT2D eigenvalue weighted by molar-refractivity contribution is -0.526. The molecular formula is C48H58NO21-. The molecule has 2 fully saturated rings. The highest BCUT2D eigenvalue weighted by Gasteiger charge is 2.59. The number of benzene rings is 2. The smallest absolute Gasteiger partial charge is 0.323 e. The number of esters is 8. The minimum absolute atomic E-state index is 0.234. The van der Waals surface area contributed by atoms with Crippen LogP contribution in [0.25, 0.3) is 11.1 Å². The highest BCUT2D eigenvalue weighted by molar-refractivity contribution is 5.95. The van der Waals surface area contributed by atoms with Crippen molar-refractivity contribution in [2.45, 2.75) is 142 Å². The molecule has 1 amide bonds. The summed E-state index contributed by atoms with van der Waals surface area (Å²) in [5, 5.41) is 14.5. The van der Waals surface area contributed by atoms with Crippen LogP contribution in [0.5, 0.6) is 0 Å². The number of amides is 1. The van der Waals surface area contributed by atoms with E-state index < -0.39 is 152 Å². The average Bonchev–Trinajstić information content (AvgIpc) is 3.57. The third-order valence-corrected chi connectivity index (χ3v) is 11.1. The van der Waals surface area contributed by atoms with Crippen LogP contribution >= 0.6 is 0 Å². The molecule has 22 heteroatoms. The molecule has 2 aliphatic heterocycles. The number of fused-ring (bicyclic) bond motifs is 3. The van der Waals surface area contributed by atoms with Crippen molar-refractivity contribution < 1.29 is 100 Å². The number of carbonyl (C=O) groups is 9. The van der Waals surface area contributed by atoms with E-state index in [1.165, 1.54) is 0 Å². The van der Waals surface area contributed by atoms with Gasteiger partial charge < -0.3 is 62.1 Å². The van der Waals surface area contributed by atoms with E-state index in [4.69, 9.17) is 52.1 Å². The van der Waals surface area contributed by atoms with Gasteiger partial charge in [-0.15, -0.1) is 0 Å². The minimum atomic E-state index is -2.47. The summed E-state index contributed by atoms with van der Waals surface area (Å²) in [5.41, 5.74) is 2.43. The van der Waals surface area contributed by atoms with Crippen molar-refractivity contribution in [3.8, 4) is 11.1 Å². The van der Waals surface area contributed by atoms with Crippen molar-refractivity contribution in [2.24, 2.45) is 5.92 Å². The molecule has 2 heterocycles. The molecule has 0 bridgehead atoms.